The van der Waals surface area contributed by atoms with Crippen molar-refractivity contribution in [1.29, 1.82) is 0 Å². The lowest BCUT2D eigenvalue weighted by Crippen LogP contribution is -2.14. The van der Waals surface area contributed by atoms with Crippen molar-refractivity contribution in [2.24, 2.45) is 0 Å². The summed E-state index contributed by atoms with van der Waals surface area (Å²) in [7, 11) is 1.84. The number of hydrogen-bond donors (Lipinski definition) is 3. The number of imidazole rings is 1. The average Bonchev–Trinajstić information content (AvgIpc) is 2.66. The van der Waals surface area contributed by atoms with E-state index >= 15 is 0 Å². The highest BCUT2D eigenvalue weighted by Crippen LogP contribution is 2.20. The third-order valence-electron chi connectivity index (χ3n) is 2.15. The van der Waals surface area contributed by atoms with Crippen LogP contribution in [0.3, 0.4) is 0 Å². The molecule has 0 saturated heterocycles. The van der Waals surface area contributed by atoms with Crippen molar-refractivity contribution in [2.45, 2.75) is 6.92 Å². The average molecular weight is 202 g/mol. The Bertz CT molecular complexity index is 447. The number of H-pyrrole nitrogens is 1. The Kier molecular flexibility index (Phi) is 2.69. The van der Waals surface area contributed by atoms with Crippen molar-refractivity contribution >= 4 is 5.69 Å². The van der Waals surface area contributed by atoms with E-state index in [1.54, 1.807) is 0 Å². The molecule has 0 saturated carbocycles. The van der Waals surface area contributed by atoms with Crippen LogP contribution in [-0.4, -0.2) is 17.0 Å². The summed E-state index contributed by atoms with van der Waals surface area (Å²) in [5, 5.41) is 0. The van der Waals surface area contributed by atoms with Gasteiger partial charge in [0.05, 0.1) is 11.9 Å². The third kappa shape index (κ3) is 2.16. The summed E-state index contributed by atoms with van der Waals surface area (Å²) in [6.07, 6.45) is 1.84. The lowest BCUT2D eigenvalue weighted by atomic mass is 10.1. The molecule has 0 aliphatic rings. The van der Waals surface area contributed by atoms with Crippen molar-refractivity contribution in [2.75, 3.05) is 12.5 Å². The molecule has 3 N–H and O–H groups in total. The molecule has 0 bridgehead atoms. The molecule has 0 unspecified atom stereocenters. The SMILES string of the molecule is CNNc1cccc(-c2cnc(C)[nH]2)c1. The van der Waals surface area contributed by atoms with Gasteiger partial charge in [-0.3, -0.25) is 0 Å². The highest BCUT2D eigenvalue weighted by molar-refractivity contribution is 5.64. The van der Waals surface area contributed by atoms with Crippen LogP contribution in [0, 0.1) is 6.92 Å². The standard InChI is InChI=1S/C11H14N4/c1-8-13-7-11(14-8)9-4-3-5-10(6-9)15-12-2/h3-7,12,15H,1-2H3,(H,13,14). The van der Waals surface area contributed by atoms with Crippen LogP contribution in [0.4, 0.5) is 5.69 Å². The Morgan fingerprint density at radius 3 is 2.87 bits per heavy atom. The summed E-state index contributed by atoms with van der Waals surface area (Å²) < 4.78 is 0. The van der Waals surface area contributed by atoms with Crippen LogP contribution in [0.5, 0.6) is 0 Å². The summed E-state index contributed by atoms with van der Waals surface area (Å²) in [5.41, 5.74) is 9.12. The molecule has 78 valence electrons. The van der Waals surface area contributed by atoms with Gasteiger partial charge in [-0.15, -0.1) is 0 Å². The van der Waals surface area contributed by atoms with Gasteiger partial charge in [-0.2, -0.15) is 0 Å². The van der Waals surface area contributed by atoms with Gasteiger partial charge in [-0.25, -0.2) is 10.4 Å². The van der Waals surface area contributed by atoms with Crippen molar-refractivity contribution in [1.82, 2.24) is 15.4 Å². The molecule has 0 aliphatic heterocycles. The Balaban J connectivity index is 2.32. The molecule has 0 fully saturated rings. The fraction of sp³-hybridized carbons (Fsp3) is 0.182. The van der Waals surface area contributed by atoms with E-state index in [4.69, 9.17) is 0 Å². The molecule has 1 heterocycles. The van der Waals surface area contributed by atoms with E-state index in [1.165, 1.54) is 0 Å². The quantitative estimate of drug-likeness (QED) is 0.667. The van der Waals surface area contributed by atoms with Crippen LogP contribution in [0.1, 0.15) is 5.82 Å². The van der Waals surface area contributed by atoms with Gasteiger partial charge in [-0.05, 0) is 19.1 Å². The van der Waals surface area contributed by atoms with E-state index in [2.05, 4.69) is 26.9 Å². The summed E-state index contributed by atoms with van der Waals surface area (Å²) in [4.78, 5) is 7.38. The maximum Gasteiger partial charge on any atom is 0.103 e. The normalized spacial score (nSPS) is 10.3. The molecule has 4 nitrogen and oxygen atoms in total. The van der Waals surface area contributed by atoms with Crippen molar-refractivity contribution in [3.05, 3.63) is 36.3 Å². The first-order valence-electron chi connectivity index (χ1n) is 4.84. The zero-order valence-corrected chi connectivity index (χ0v) is 8.83. The van der Waals surface area contributed by atoms with E-state index in [9.17, 15) is 0 Å². The Morgan fingerprint density at radius 2 is 2.20 bits per heavy atom. The zero-order valence-electron chi connectivity index (χ0n) is 8.83. The van der Waals surface area contributed by atoms with Crippen LogP contribution < -0.4 is 10.9 Å². The summed E-state index contributed by atoms with van der Waals surface area (Å²) >= 11 is 0. The van der Waals surface area contributed by atoms with Crippen LogP contribution in [0.15, 0.2) is 30.5 Å². The number of nitrogens with one attached hydrogen (secondary N) is 3. The molecule has 0 spiro atoms. The predicted molar refractivity (Wildman–Crippen MR) is 61.4 cm³/mol. The second kappa shape index (κ2) is 4.14. The number of hydrazine groups is 1. The number of nitrogens with zero attached hydrogens (tertiary/aromatic N) is 1. The molecule has 1 aromatic heterocycles. The van der Waals surface area contributed by atoms with Gasteiger partial charge in [0.2, 0.25) is 0 Å². The van der Waals surface area contributed by atoms with Crippen molar-refractivity contribution in [3.8, 4) is 11.3 Å². The fourth-order valence-electron chi connectivity index (χ4n) is 1.48. The number of aromatic amines is 1. The summed E-state index contributed by atoms with van der Waals surface area (Å²) in [6, 6.07) is 8.12. The monoisotopic (exact) mass is 202 g/mol. The first-order chi connectivity index (χ1) is 7.29. The van der Waals surface area contributed by atoms with Crippen LogP contribution in [0.25, 0.3) is 11.3 Å². The lowest BCUT2D eigenvalue weighted by Gasteiger charge is -2.05. The van der Waals surface area contributed by atoms with Gasteiger partial charge >= 0.3 is 0 Å². The minimum atomic E-state index is 0.928. The maximum atomic E-state index is 4.18. The second-order valence-electron chi connectivity index (χ2n) is 3.34. The van der Waals surface area contributed by atoms with E-state index in [0.29, 0.717) is 0 Å². The first-order valence-corrected chi connectivity index (χ1v) is 4.84. The molecular weight excluding hydrogens is 188 g/mol. The number of benzene rings is 1. The molecule has 15 heavy (non-hydrogen) atoms. The van der Waals surface area contributed by atoms with Crippen molar-refractivity contribution < 1.29 is 0 Å². The highest BCUT2D eigenvalue weighted by atomic mass is 15.3. The number of aromatic nitrogens is 2. The third-order valence-corrected chi connectivity index (χ3v) is 2.15. The Labute approximate surface area is 88.7 Å². The largest absolute Gasteiger partial charge is 0.342 e. The first kappa shape index (κ1) is 9.73. The number of anilines is 1. The van der Waals surface area contributed by atoms with E-state index < -0.39 is 0 Å². The van der Waals surface area contributed by atoms with Crippen LogP contribution in [0.2, 0.25) is 0 Å². The van der Waals surface area contributed by atoms with Gasteiger partial charge in [-0.1, -0.05) is 12.1 Å². The Morgan fingerprint density at radius 1 is 1.33 bits per heavy atom. The van der Waals surface area contributed by atoms with Gasteiger partial charge in [0, 0.05) is 18.3 Å². The van der Waals surface area contributed by atoms with Gasteiger partial charge in [0.1, 0.15) is 5.82 Å². The molecule has 2 rings (SSSR count). The molecule has 2 aromatic rings. The Hall–Kier alpha value is -1.81. The highest BCUT2D eigenvalue weighted by Gasteiger charge is 2.01. The second-order valence-corrected chi connectivity index (χ2v) is 3.34. The summed E-state index contributed by atoms with van der Waals surface area (Å²) in [6.45, 7) is 1.94. The number of hydrogen-bond acceptors (Lipinski definition) is 3. The number of aryl methyl sites for hydroxylation is 1. The van der Waals surface area contributed by atoms with E-state index in [-0.39, 0.29) is 0 Å². The number of rotatable bonds is 3. The van der Waals surface area contributed by atoms with E-state index in [1.807, 2.05) is 38.4 Å². The van der Waals surface area contributed by atoms with Crippen LogP contribution >= 0.6 is 0 Å². The summed E-state index contributed by atoms with van der Waals surface area (Å²) in [5.74, 6) is 0.928. The molecule has 1 aromatic carbocycles. The molecule has 0 amide bonds. The molecule has 4 heteroatoms. The maximum absolute atomic E-state index is 4.18. The van der Waals surface area contributed by atoms with Gasteiger partial charge in [0.15, 0.2) is 0 Å². The smallest absolute Gasteiger partial charge is 0.103 e. The van der Waals surface area contributed by atoms with E-state index in [0.717, 1.165) is 22.8 Å². The molecule has 0 atom stereocenters. The molecule has 0 aliphatic carbocycles. The van der Waals surface area contributed by atoms with Gasteiger partial charge < -0.3 is 10.4 Å². The molecule has 0 radical (unpaired) electrons. The molecular formula is C11H14N4. The zero-order chi connectivity index (χ0) is 10.7. The minimum absolute atomic E-state index is 0.928. The van der Waals surface area contributed by atoms with Crippen molar-refractivity contribution in [3.63, 3.8) is 0 Å². The fourth-order valence-corrected chi connectivity index (χ4v) is 1.48. The minimum Gasteiger partial charge on any atom is -0.342 e. The topological polar surface area (TPSA) is 52.7 Å². The van der Waals surface area contributed by atoms with Gasteiger partial charge in [0.25, 0.3) is 0 Å². The lowest BCUT2D eigenvalue weighted by molar-refractivity contribution is 0.984. The van der Waals surface area contributed by atoms with Crippen LogP contribution in [-0.2, 0) is 0 Å². The predicted octanol–water partition coefficient (Wildman–Crippen LogP) is 1.93.